The monoisotopic (exact) mass is 255 g/mol. The largest absolute Gasteiger partial charge is 0.338 e. The van der Waals surface area contributed by atoms with E-state index in [4.69, 9.17) is 0 Å². The van der Waals surface area contributed by atoms with E-state index in [1.807, 2.05) is 24.2 Å². The minimum Gasteiger partial charge on any atom is -0.338 e. The molecular formula is C13H25N3S. The van der Waals surface area contributed by atoms with Gasteiger partial charge in [-0.05, 0) is 18.2 Å². The van der Waals surface area contributed by atoms with Crippen molar-refractivity contribution in [1.82, 2.24) is 14.9 Å². The molecule has 1 aromatic rings. The first-order chi connectivity index (χ1) is 8.13. The molecule has 17 heavy (non-hydrogen) atoms. The summed E-state index contributed by atoms with van der Waals surface area (Å²) >= 11 is 2.04. The SMILES string of the molecule is CCNC(CSCC(C)C)Cc1nccn1C. The highest BCUT2D eigenvalue weighted by atomic mass is 32.2. The zero-order valence-corrected chi connectivity index (χ0v) is 12.3. The Morgan fingerprint density at radius 3 is 2.71 bits per heavy atom. The lowest BCUT2D eigenvalue weighted by Crippen LogP contribution is -2.34. The third-order valence-electron chi connectivity index (χ3n) is 2.61. The van der Waals surface area contributed by atoms with Gasteiger partial charge in [0.05, 0.1) is 0 Å². The van der Waals surface area contributed by atoms with Gasteiger partial charge in [0.25, 0.3) is 0 Å². The minimum atomic E-state index is 0.532. The molecule has 0 bridgehead atoms. The standard InChI is InChI=1S/C13H25N3S/c1-5-14-12(10-17-9-11(2)3)8-13-15-6-7-16(13)4/h6-7,11-12,14H,5,8-10H2,1-4H3. The number of aryl methyl sites for hydroxylation is 1. The first-order valence-corrected chi connectivity index (χ1v) is 7.56. The second-order valence-electron chi connectivity index (χ2n) is 4.84. The molecule has 98 valence electrons. The molecular weight excluding hydrogens is 230 g/mol. The molecule has 1 heterocycles. The predicted octanol–water partition coefficient (Wildman–Crippen LogP) is 2.33. The van der Waals surface area contributed by atoms with E-state index in [0.29, 0.717) is 6.04 Å². The van der Waals surface area contributed by atoms with Gasteiger partial charge in [-0.2, -0.15) is 11.8 Å². The Labute approximate surface area is 109 Å². The lowest BCUT2D eigenvalue weighted by atomic mass is 10.2. The minimum absolute atomic E-state index is 0.532. The number of aromatic nitrogens is 2. The van der Waals surface area contributed by atoms with Gasteiger partial charge in [0.15, 0.2) is 0 Å². The summed E-state index contributed by atoms with van der Waals surface area (Å²) in [5, 5.41) is 3.55. The van der Waals surface area contributed by atoms with Crippen molar-refractivity contribution in [2.75, 3.05) is 18.1 Å². The number of nitrogens with zero attached hydrogens (tertiary/aromatic N) is 2. The van der Waals surface area contributed by atoms with Crippen molar-refractivity contribution in [1.29, 1.82) is 0 Å². The number of rotatable bonds is 8. The highest BCUT2D eigenvalue weighted by Crippen LogP contribution is 2.11. The van der Waals surface area contributed by atoms with E-state index in [9.17, 15) is 0 Å². The number of nitrogens with one attached hydrogen (secondary N) is 1. The van der Waals surface area contributed by atoms with E-state index in [1.54, 1.807) is 0 Å². The van der Waals surface area contributed by atoms with E-state index in [-0.39, 0.29) is 0 Å². The molecule has 0 aromatic carbocycles. The molecule has 0 aliphatic rings. The molecule has 0 aliphatic heterocycles. The van der Waals surface area contributed by atoms with Crippen LogP contribution in [0.4, 0.5) is 0 Å². The molecule has 1 atom stereocenters. The maximum atomic E-state index is 4.39. The maximum Gasteiger partial charge on any atom is 0.109 e. The second-order valence-corrected chi connectivity index (χ2v) is 5.92. The van der Waals surface area contributed by atoms with Gasteiger partial charge < -0.3 is 9.88 Å². The summed E-state index contributed by atoms with van der Waals surface area (Å²) in [6, 6.07) is 0.532. The van der Waals surface area contributed by atoms with Gasteiger partial charge in [-0.15, -0.1) is 0 Å². The molecule has 0 spiro atoms. The van der Waals surface area contributed by atoms with E-state index in [2.05, 4.69) is 42.7 Å². The van der Waals surface area contributed by atoms with Gasteiger partial charge in [-0.3, -0.25) is 0 Å². The second kappa shape index (κ2) is 7.77. The fourth-order valence-electron chi connectivity index (χ4n) is 1.74. The average Bonchev–Trinajstić information content (AvgIpc) is 2.64. The van der Waals surface area contributed by atoms with Crippen molar-refractivity contribution in [3.63, 3.8) is 0 Å². The zero-order chi connectivity index (χ0) is 12.7. The smallest absolute Gasteiger partial charge is 0.109 e. The summed E-state index contributed by atoms with van der Waals surface area (Å²) in [6.07, 6.45) is 4.90. The average molecular weight is 255 g/mol. The van der Waals surface area contributed by atoms with Crippen LogP contribution in [0, 0.1) is 5.92 Å². The summed E-state index contributed by atoms with van der Waals surface area (Å²) in [4.78, 5) is 4.39. The summed E-state index contributed by atoms with van der Waals surface area (Å²) < 4.78 is 2.11. The topological polar surface area (TPSA) is 29.9 Å². The molecule has 3 nitrogen and oxygen atoms in total. The number of imidazole rings is 1. The van der Waals surface area contributed by atoms with Crippen LogP contribution in [-0.4, -0.2) is 33.6 Å². The molecule has 0 fully saturated rings. The van der Waals surface area contributed by atoms with Crippen molar-refractivity contribution >= 4 is 11.8 Å². The lowest BCUT2D eigenvalue weighted by molar-refractivity contribution is 0.550. The predicted molar refractivity (Wildman–Crippen MR) is 76.5 cm³/mol. The molecule has 0 amide bonds. The number of likely N-dealkylation sites (N-methyl/N-ethyl adjacent to an activating group) is 1. The van der Waals surface area contributed by atoms with E-state index >= 15 is 0 Å². The number of hydrogen-bond donors (Lipinski definition) is 1. The molecule has 0 saturated carbocycles. The Morgan fingerprint density at radius 2 is 2.18 bits per heavy atom. The van der Waals surface area contributed by atoms with Gasteiger partial charge >= 0.3 is 0 Å². The van der Waals surface area contributed by atoms with Crippen LogP contribution in [-0.2, 0) is 13.5 Å². The van der Waals surface area contributed by atoms with Crippen LogP contribution in [0.25, 0.3) is 0 Å². The van der Waals surface area contributed by atoms with Gasteiger partial charge in [0.2, 0.25) is 0 Å². The van der Waals surface area contributed by atoms with Crippen LogP contribution in [0.5, 0.6) is 0 Å². The first kappa shape index (κ1) is 14.6. The van der Waals surface area contributed by atoms with Crippen LogP contribution in [0.1, 0.15) is 26.6 Å². The fraction of sp³-hybridized carbons (Fsp3) is 0.769. The van der Waals surface area contributed by atoms with Crippen molar-refractivity contribution in [2.24, 2.45) is 13.0 Å². The molecule has 1 unspecified atom stereocenters. The molecule has 0 radical (unpaired) electrons. The molecule has 0 aliphatic carbocycles. The first-order valence-electron chi connectivity index (χ1n) is 6.40. The molecule has 1 rings (SSSR count). The summed E-state index contributed by atoms with van der Waals surface area (Å²) in [5.41, 5.74) is 0. The number of thioether (sulfide) groups is 1. The summed E-state index contributed by atoms with van der Waals surface area (Å²) in [7, 11) is 2.06. The maximum absolute atomic E-state index is 4.39. The van der Waals surface area contributed by atoms with E-state index in [1.165, 1.54) is 17.3 Å². The lowest BCUT2D eigenvalue weighted by Gasteiger charge is -2.17. The van der Waals surface area contributed by atoms with Gasteiger partial charge in [0, 0.05) is 37.7 Å². The van der Waals surface area contributed by atoms with Gasteiger partial charge in [-0.25, -0.2) is 4.98 Å². The highest BCUT2D eigenvalue weighted by Gasteiger charge is 2.11. The van der Waals surface area contributed by atoms with E-state index in [0.717, 1.165) is 18.9 Å². The highest BCUT2D eigenvalue weighted by molar-refractivity contribution is 7.99. The van der Waals surface area contributed by atoms with Crippen molar-refractivity contribution in [2.45, 2.75) is 33.2 Å². The van der Waals surface area contributed by atoms with Crippen molar-refractivity contribution < 1.29 is 0 Å². The molecule has 0 saturated heterocycles. The Hall–Kier alpha value is -0.480. The molecule has 4 heteroatoms. The van der Waals surface area contributed by atoms with Crippen LogP contribution >= 0.6 is 11.8 Å². The van der Waals surface area contributed by atoms with Crippen LogP contribution in [0.2, 0.25) is 0 Å². The Bertz CT molecular complexity index is 309. The van der Waals surface area contributed by atoms with E-state index < -0.39 is 0 Å². The van der Waals surface area contributed by atoms with Crippen molar-refractivity contribution in [3.8, 4) is 0 Å². The van der Waals surface area contributed by atoms with Crippen LogP contribution < -0.4 is 5.32 Å². The quantitative estimate of drug-likeness (QED) is 0.773. The van der Waals surface area contributed by atoms with Crippen molar-refractivity contribution in [3.05, 3.63) is 18.2 Å². The Morgan fingerprint density at radius 1 is 1.41 bits per heavy atom. The molecule has 1 N–H and O–H groups in total. The van der Waals surface area contributed by atoms with Crippen LogP contribution in [0.3, 0.4) is 0 Å². The third kappa shape index (κ3) is 5.59. The van der Waals surface area contributed by atoms with Gasteiger partial charge in [0.1, 0.15) is 5.82 Å². The normalized spacial score (nSPS) is 13.2. The van der Waals surface area contributed by atoms with Crippen LogP contribution in [0.15, 0.2) is 12.4 Å². The molecule has 1 aromatic heterocycles. The summed E-state index contributed by atoms with van der Waals surface area (Å²) in [6.45, 7) is 7.73. The van der Waals surface area contributed by atoms with Gasteiger partial charge in [-0.1, -0.05) is 20.8 Å². The third-order valence-corrected chi connectivity index (χ3v) is 4.15. The summed E-state index contributed by atoms with van der Waals surface area (Å²) in [5.74, 6) is 4.35. The Kier molecular flexibility index (Phi) is 6.66. The fourth-order valence-corrected chi connectivity index (χ4v) is 2.87. The Balaban J connectivity index is 2.40. The number of hydrogen-bond acceptors (Lipinski definition) is 3. The zero-order valence-electron chi connectivity index (χ0n) is 11.4.